The molecule has 0 heterocycles. The molecule has 0 fully saturated rings. The van der Waals surface area contributed by atoms with Gasteiger partial charge in [-0.1, -0.05) is 86.0 Å². The van der Waals surface area contributed by atoms with E-state index in [4.69, 9.17) is 11.6 Å². The molecule has 0 bridgehead atoms. The van der Waals surface area contributed by atoms with E-state index in [1.54, 1.807) is 0 Å². The second-order valence-corrected chi connectivity index (χ2v) is 12.6. The molecular weight excluding hydrogens is 375 g/mol. The zero-order chi connectivity index (χ0) is 17.5. The van der Waals surface area contributed by atoms with Crippen LogP contribution in [0.1, 0.15) is 79.0 Å². The van der Waals surface area contributed by atoms with Crippen LogP contribution in [0.4, 0.5) is 0 Å². The normalized spacial score (nSPS) is 14.4. The van der Waals surface area contributed by atoms with E-state index in [0.717, 1.165) is 11.9 Å². The SMILES string of the molecule is CC(C)(C)c1cc(C(C)(C)C)c(P=C(Cl)Br)c(C(C)(C)C)c1. The summed E-state index contributed by atoms with van der Waals surface area (Å²) >= 11 is 9.65. The molecule has 0 saturated heterocycles. The fraction of sp³-hybridized carbons (Fsp3) is 0.632. The van der Waals surface area contributed by atoms with Gasteiger partial charge in [0, 0.05) is 5.30 Å². The second-order valence-electron chi connectivity index (χ2n) is 9.02. The molecular formula is C19H29BrClP. The molecule has 0 aliphatic carbocycles. The lowest BCUT2D eigenvalue weighted by atomic mass is 9.75. The standard InChI is InChI=1S/C19H29BrClP/c1-17(2,3)12-10-13(18(4,5)6)15(22-16(20)21)14(11-12)19(7,8)9/h10-11H,1-9H3. The second kappa shape index (κ2) is 6.58. The molecule has 0 spiro atoms. The van der Waals surface area contributed by atoms with Crippen molar-refractivity contribution < 1.29 is 0 Å². The van der Waals surface area contributed by atoms with E-state index in [9.17, 15) is 0 Å². The highest BCUT2D eigenvalue weighted by Crippen LogP contribution is 2.35. The van der Waals surface area contributed by atoms with Gasteiger partial charge < -0.3 is 0 Å². The van der Waals surface area contributed by atoms with Gasteiger partial charge in [0.05, 0.1) is 0 Å². The van der Waals surface area contributed by atoms with Gasteiger partial charge in [-0.25, -0.2) is 0 Å². The largest absolute Gasteiger partial charge is 0.111 e. The Bertz CT molecular complexity index is 542. The monoisotopic (exact) mass is 402 g/mol. The minimum Gasteiger partial charge on any atom is -0.0707 e. The van der Waals surface area contributed by atoms with Gasteiger partial charge >= 0.3 is 0 Å². The molecule has 0 radical (unpaired) electrons. The molecule has 1 aromatic carbocycles. The Morgan fingerprint density at radius 1 is 0.818 bits per heavy atom. The van der Waals surface area contributed by atoms with E-state index in [-0.39, 0.29) is 16.2 Å². The van der Waals surface area contributed by atoms with Crippen molar-refractivity contribution in [2.24, 2.45) is 0 Å². The molecule has 1 rings (SSSR count). The fourth-order valence-corrected chi connectivity index (χ4v) is 4.41. The van der Waals surface area contributed by atoms with Crippen molar-refractivity contribution in [2.45, 2.75) is 78.6 Å². The Labute approximate surface area is 152 Å². The summed E-state index contributed by atoms with van der Waals surface area (Å²) in [4.78, 5) is 0. The predicted molar refractivity (Wildman–Crippen MR) is 109 cm³/mol. The Morgan fingerprint density at radius 2 is 1.18 bits per heavy atom. The summed E-state index contributed by atoms with van der Waals surface area (Å²) in [5, 5.41) is 1.34. The van der Waals surface area contributed by atoms with Gasteiger partial charge in [0.2, 0.25) is 0 Å². The highest BCUT2D eigenvalue weighted by molar-refractivity contribution is 9.20. The van der Waals surface area contributed by atoms with Gasteiger partial charge in [-0.15, -0.1) is 0 Å². The van der Waals surface area contributed by atoms with Gasteiger partial charge in [-0.05, 0) is 57.1 Å². The highest BCUT2D eigenvalue weighted by Gasteiger charge is 2.28. The summed E-state index contributed by atoms with van der Waals surface area (Å²) in [6.45, 7) is 20.5. The first kappa shape index (κ1) is 20.2. The molecule has 3 heteroatoms. The van der Waals surface area contributed by atoms with E-state index < -0.39 is 0 Å². The summed E-state index contributed by atoms with van der Waals surface area (Å²) in [5.41, 5.74) is 4.49. The van der Waals surface area contributed by atoms with Crippen LogP contribution >= 0.6 is 35.7 Å². The maximum absolute atomic E-state index is 6.21. The predicted octanol–water partition coefficient (Wildman–Crippen LogP) is 6.87. The summed E-state index contributed by atoms with van der Waals surface area (Å²) in [7, 11) is 1.05. The first-order chi connectivity index (χ1) is 9.64. The molecule has 1 aromatic rings. The maximum Gasteiger partial charge on any atom is 0.111 e. The zero-order valence-corrected chi connectivity index (χ0v) is 18.6. The molecule has 0 aliphatic rings. The molecule has 0 atom stereocenters. The smallest absolute Gasteiger partial charge is 0.0707 e. The fourth-order valence-electron chi connectivity index (χ4n) is 2.42. The van der Waals surface area contributed by atoms with Crippen molar-refractivity contribution in [1.29, 1.82) is 0 Å². The Hall–Kier alpha value is 0.160. The molecule has 0 amide bonds. The molecule has 0 saturated carbocycles. The highest BCUT2D eigenvalue weighted by atomic mass is 79.9. The maximum atomic E-state index is 6.21. The van der Waals surface area contributed by atoms with Crippen molar-refractivity contribution in [1.82, 2.24) is 0 Å². The van der Waals surface area contributed by atoms with E-state index in [1.807, 2.05) is 0 Å². The molecule has 0 aliphatic heterocycles. The lowest BCUT2D eigenvalue weighted by Crippen LogP contribution is -2.29. The number of rotatable bonds is 1. The molecule has 0 aromatic heterocycles. The van der Waals surface area contributed by atoms with Crippen LogP contribution < -0.4 is 5.30 Å². The van der Waals surface area contributed by atoms with Gasteiger partial charge in [-0.3, -0.25) is 0 Å². The topological polar surface area (TPSA) is 0 Å². The van der Waals surface area contributed by atoms with Gasteiger partial charge in [0.25, 0.3) is 0 Å². The number of hydrogen-bond donors (Lipinski definition) is 0. The van der Waals surface area contributed by atoms with Gasteiger partial charge in [0.1, 0.15) is 3.66 Å². The summed E-state index contributed by atoms with van der Waals surface area (Å²) in [6, 6.07) is 4.76. The van der Waals surface area contributed by atoms with Crippen LogP contribution in [0.2, 0.25) is 0 Å². The van der Waals surface area contributed by atoms with Crippen LogP contribution in [0.5, 0.6) is 0 Å². The summed E-state index contributed by atoms with van der Waals surface area (Å²) in [5.74, 6) is 0. The average Bonchev–Trinajstić information content (AvgIpc) is 2.23. The van der Waals surface area contributed by atoms with E-state index in [2.05, 4.69) is 90.4 Å². The lowest BCUT2D eigenvalue weighted by molar-refractivity contribution is 0.554. The van der Waals surface area contributed by atoms with Crippen LogP contribution in [-0.4, -0.2) is 3.66 Å². The quantitative estimate of drug-likeness (QED) is 0.449. The molecule has 0 N–H and O–H groups in total. The average molecular weight is 404 g/mol. The van der Waals surface area contributed by atoms with Crippen LogP contribution in [0.25, 0.3) is 0 Å². The molecule has 0 unspecified atom stereocenters. The van der Waals surface area contributed by atoms with Crippen LogP contribution in [-0.2, 0) is 16.2 Å². The van der Waals surface area contributed by atoms with Crippen molar-refractivity contribution in [3.05, 3.63) is 28.8 Å². The zero-order valence-electron chi connectivity index (χ0n) is 15.4. The number of halogens is 2. The van der Waals surface area contributed by atoms with Crippen molar-refractivity contribution in [2.75, 3.05) is 0 Å². The summed E-state index contributed by atoms with van der Waals surface area (Å²) < 4.78 is 0.743. The molecule has 22 heavy (non-hydrogen) atoms. The third-order valence-electron chi connectivity index (χ3n) is 3.79. The van der Waals surface area contributed by atoms with Crippen LogP contribution in [0, 0.1) is 0 Å². The number of benzene rings is 1. The Kier molecular flexibility index (Phi) is 6.04. The van der Waals surface area contributed by atoms with Gasteiger partial charge in [-0.2, -0.15) is 0 Å². The molecule has 124 valence electrons. The van der Waals surface area contributed by atoms with Crippen LogP contribution in [0.15, 0.2) is 12.1 Å². The van der Waals surface area contributed by atoms with Crippen molar-refractivity contribution in [3.63, 3.8) is 0 Å². The van der Waals surface area contributed by atoms with E-state index in [1.165, 1.54) is 22.0 Å². The third-order valence-corrected chi connectivity index (χ3v) is 5.45. The Morgan fingerprint density at radius 3 is 1.41 bits per heavy atom. The van der Waals surface area contributed by atoms with E-state index >= 15 is 0 Å². The van der Waals surface area contributed by atoms with E-state index in [0.29, 0.717) is 0 Å². The van der Waals surface area contributed by atoms with Crippen molar-refractivity contribution >= 4 is 44.7 Å². The molecule has 0 nitrogen and oxygen atoms in total. The third kappa shape index (κ3) is 5.08. The first-order valence-electron chi connectivity index (χ1n) is 7.73. The van der Waals surface area contributed by atoms with Gasteiger partial charge in [0.15, 0.2) is 0 Å². The number of hydrogen-bond acceptors (Lipinski definition) is 0. The lowest BCUT2D eigenvalue weighted by Gasteiger charge is -2.32. The Balaban J connectivity index is 3.91. The van der Waals surface area contributed by atoms with Crippen LogP contribution in [0.3, 0.4) is 0 Å². The minimum atomic E-state index is 0.0862. The minimum absolute atomic E-state index is 0.0862. The van der Waals surface area contributed by atoms with Crippen molar-refractivity contribution in [3.8, 4) is 0 Å². The summed E-state index contributed by atoms with van der Waals surface area (Å²) in [6.07, 6.45) is 0. The first-order valence-corrected chi connectivity index (χ1v) is 9.80.